The number of amides is 1. The number of likely N-dealkylation sites (tertiary alicyclic amines) is 1. The van der Waals surface area contributed by atoms with Gasteiger partial charge < -0.3 is 14.5 Å². The van der Waals surface area contributed by atoms with E-state index in [9.17, 15) is 4.79 Å². The normalized spacial score (nSPS) is 17.5. The molecule has 1 aliphatic rings. The van der Waals surface area contributed by atoms with Crippen LogP contribution in [-0.2, 0) is 17.8 Å². The van der Waals surface area contributed by atoms with E-state index in [1.54, 1.807) is 6.20 Å². The third kappa shape index (κ3) is 2.92. The second-order valence-electron chi connectivity index (χ2n) is 6.71. The molecule has 0 spiro atoms. The number of H-pyrrole nitrogens is 1. The molecule has 3 aromatic rings. The first-order chi connectivity index (χ1) is 12.2. The molecular formula is C19H23N5O. The molecule has 25 heavy (non-hydrogen) atoms. The van der Waals surface area contributed by atoms with Crippen LogP contribution in [0.3, 0.4) is 0 Å². The van der Waals surface area contributed by atoms with Gasteiger partial charge in [-0.3, -0.25) is 4.79 Å². The largest absolute Gasteiger partial charge is 0.340 e. The lowest BCUT2D eigenvalue weighted by atomic mass is 10.2. The van der Waals surface area contributed by atoms with Crippen LogP contribution in [0.1, 0.15) is 43.0 Å². The molecule has 1 amide bonds. The summed E-state index contributed by atoms with van der Waals surface area (Å²) >= 11 is 0. The van der Waals surface area contributed by atoms with Gasteiger partial charge in [-0.1, -0.05) is 13.0 Å². The zero-order valence-corrected chi connectivity index (χ0v) is 14.7. The van der Waals surface area contributed by atoms with Gasteiger partial charge in [-0.2, -0.15) is 0 Å². The van der Waals surface area contributed by atoms with Crippen molar-refractivity contribution in [2.45, 2.75) is 45.7 Å². The van der Waals surface area contributed by atoms with E-state index in [4.69, 9.17) is 4.98 Å². The Morgan fingerprint density at radius 1 is 1.40 bits per heavy atom. The first-order valence-electron chi connectivity index (χ1n) is 8.91. The number of rotatable bonds is 4. The number of imidazole rings is 2. The van der Waals surface area contributed by atoms with Gasteiger partial charge in [-0.05, 0) is 37.5 Å². The summed E-state index contributed by atoms with van der Waals surface area (Å²) in [5.74, 6) is 1.97. The van der Waals surface area contributed by atoms with E-state index in [0.29, 0.717) is 6.54 Å². The molecule has 0 saturated carbocycles. The van der Waals surface area contributed by atoms with E-state index in [0.717, 1.165) is 48.5 Å². The summed E-state index contributed by atoms with van der Waals surface area (Å²) in [7, 11) is 0. The highest BCUT2D eigenvalue weighted by molar-refractivity contribution is 5.78. The minimum atomic E-state index is 0.0359. The number of hydrogen-bond donors (Lipinski definition) is 1. The smallest absolute Gasteiger partial charge is 0.243 e. The Hall–Kier alpha value is -2.63. The predicted octanol–water partition coefficient (Wildman–Crippen LogP) is 2.99. The maximum Gasteiger partial charge on any atom is 0.243 e. The monoisotopic (exact) mass is 337 g/mol. The molecule has 1 fully saturated rings. The standard InChI is InChI=1S/C19H23N5O/c1-3-17-20-8-10-23(17)12-18(25)24-9-4-5-16(24)19-21-14-7-6-13(2)11-15(14)22-19/h6-8,10-11,16H,3-5,9,12H2,1-2H3,(H,21,22). The Bertz CT molecular complexity index is 910. The first kappa shape index (κ1) is 15.9. The highest BCUT2D eigenvalue weighted by Gasteiger charge is 2.32. The number of benzene rings is 1. The molecule has 1 N–H and O–H groups in total. The van der Waals surface area contributed by atoms with Crippen LogP contribution in [0, 0.1) is 6.92 Å². The second kappa shape index (κ2) is 6.35. The van der Waals surface area contributed by atoms with Crippen LogP contribution >= 0.6 is 0 Å². The van der Waals surface area contributed by atoms with E-state index < -0.39 is 0 Å². The maximum absolute atomic E-state index is 12.9. The molecule has 1 atom stereocenters. The summed E-state index contributed by atoms with van der Waals surface area (Å²) in [6.07, 6.45) is 6.43. The van der Waals surface area contributed by atoms with E-state index in [2.05, 4.69) is 35.9 Å². The Labute approximate surface area is 146 Å². The summed E-state index contributed by atoms with van der Waals surface area (Å²) in [4.78, 5) is 27.3. The fourth-order valence-corrected chi connectivity index (χ4v) is 3.69. The van der Waals surface area contributed by atoms with Crippen LogP contribution in [0.2, 0.25) is 0 Å². The lowest BCUT2D eigenvalue weighted by molar-refractivity contribution is -0.132. The van der Waals surface area contributed by atoms with Gasteiger partial charge in [-0.25, -0.2) is 9.97 Å². The van der Waals surface area contributed by atoms with Crippen LogP contribution in [0.25, 0.3) is 11.0 Å². The number of hydrogen-bond acceptors (Lipinski definition) is 3. The zero-order chi connectivity index (χ0) is 17.4. The molecule has 0 aliphatic carbocycles. The van der Waals surface area contributed by atoms with Crippen LogP contribution in [-0.4, -0.2) is 36.9 Å². The molecule has 6 heteroatoms. The van der Waals surface area contributed by atoms with Crippen LogP contribution in [0.15, 0.2) is 30.6 Å². The minimum Gasteiger partial charge on any atom is -0.340 e. The summed E-state index contributed by atoms with van der Waals surface area (Å²) in [6, 6.07) is 6.24. The molecule has 3 heterocycles. The van der Waals surface area contributed by atoms with Crippen molar-refractivity contribution in [2.24, 2.45) is 0 Å². The number of carbonyl (C=O) groups excluding carboxylic acids is 1. The average Bonchev–Trinajstić information content (AvgIpc) is 3.32. The molecule has 1 unspecified atom stereocenters. The van der Waals surface area contributed by atoms with Crippen molar-refractivity contribution in [2.75, 3.05) is 6.54 Å². The van der Waals surface area contributed by atoms with Crippen LogP contribution in [0.4, 0.5) is 0 Å². The van der Waals surface area contributed by atoms with Crippen molar-refractivity contribution in [1.29, 1.82) is 0 Å². The average molecular weight is 337 g/mol. The number of aromatic nitrogens is 4. The third-order valence-corrected chi connectivity index (χ3v) is 4.97. The molecule has 1 saturated heterocycles. The van der Waals surface area contributed by atoms with Gasteiger partial charge in [0.1, 0.15) is 18.2 Å². The van der Waals surface area contributed by atoms with Crippen molar-refractivity contribution < 1.29 is 4.79 Å². The maximum atomic E-state index is 12.9. The lowest BCUT2D eigenvalue weighted by Gasteiger charge is -2.23. The number of fused-ring (bicyclic) bond motifs is 1. The fraction of sp³-hybridized carbons (Fsp3) is 0.421. The van der Waals surface area contributed by atoms with Gasteiger partial charge in [0, 0.05) is 25.4 Å². The summed E-state index contributed by atoms with van der Waals surface area (Å²) in [5, 5.41) is 0. The topological polar surface area (TPSA) is 66.8 Å². The van der Waals surface area contributed by atoms with Crippen molar-refractivity contribution in [1.82, 2.24) is 24.4 Å². The fourth-order valence-electron chi connectivity index (χ4n) is 3.69. The minimum absolute atomic E-state index is 0.0359. The number of aryl methyl sites for hydroxylation is 2. The summed E-state index contributed by atoms with van der Waals surface area (Å²) in [5.41, 5.74) is 3.20. The first-order valence-corrected chi connectivity index (χ1v) is 8.91. The van der Waals surface area contributed by atoms with Gasteiger partial charge in [0.25, 0.3) is 0 Å². The molecule has 4 rings (SSSR count). The quantitative estimate of drug-likeness (QED) is 0.796. The van der Waals surface area contributed by atoms with Crippen molar-refractivity contribution in [3.8, 4) is 0 Å². The van der Waals surface area contributed by atoms with Gasteiger partial charge in [0.05, 0.1) is 17.1 Å². The second-order valence-corrected chi connectivity index (χ2v) is 6.71. The molecule has 1 aliphatic heterocycles. The Kier molecular flexibility index (Phi) is 4.03. The number of nitrogens with one attached hydrogen (secondary N) is 1. The van der Waals surface area contributed by atoms with Gasteiger partial charge in [-0.15, -0.1) is 0 Å². The summed E-state index contributed by atoms with van der Waals surface area (Å²) in [6.45, 7) is 5.26. The molecule has 2 aromatic heterocycles. The van der Waals surface area contributed by atoms with Gasteiger partial charge in [0.2, 0.25) is 5.91 Å². The zero-order valence-electron chi connectivity index (χ0n) is 14.7. The third-order valence-electron chi connectivity index (χ3n) is 4.97. The number of nitrogens with zero attached hydrogens (tertiary/aromatic N) is 4. The molecular weight excluding hydrogens is 314 g/mol. The van der Waals surface area contributed by atoms with E-state index in [-0.39, 0.29) is 11.9 Å². The highest BCUT2D eigenvalue weighted by atomic mass is 16.2. The predicted molar refractivity (Wildman–Crippen MR) is 96.1 cm³/mol. The lowest BCUT2D eigenvalue weighted by Crippen LogP contribution is -2.34. The SMILES string of the molecule is CCc1nccn1CC(=O)N1CCCC1c1nc2ccc(C)cc2[nH]1. The van der Waals surface area contributed by atoms with E-state index in [1.165, 1.54) is 5.56 Å². The van der Waals surface area contributed by atoms with Crippen molar-refractivity contribution in [3.63, 3.8) is 0 Å². The Balaban J connectivity index is 1.57. The number of aromatic amines is 1. The Morgan fingerprint density at radius 2 is 2.28 bits per heavy atom. The highest BCUT2D eigenvalue weighted by Crippen LogP contribution is 2.31. The van der Waals surface area contributed by atoms with Crippen molar-refractivity contribution >= 4 is 16.9 Å². The van der Waals surface area contributed by atoms with Gasteiger partial charge >= 0.3 is 0 Å². The van der Waals surface area contributed by atoms with Crippen molar-refractivity contribution in [3.05, 3.63) is 47.8 Å². The van der Waals surface area contributed by atoms with E-state index in [1.807, 2.05) is 21.7 Å². The summed E-state index contributed by atoms with van der Waals surface area (Å²) < 4.78 is 1.94. The van der Waals surface area contributed by atoms with E-state index >= 15 is 0 Å². The van der Waals surface area contributed by atoms with Crippen LogP contribution in [0.5, 0.6) is 0 Å². The molecule has 1 aromatic carbocycles. The molecule has 6 nitrogen and oxygen atoms in total. The van der Waals surface area contributed by atoms with Crippen LogP contribution < -0.4 is 0 Å². The Morgan fingerprint density at radius 3 is 3.12 bits per heavy atom. The number of carbonyl (C=O) groups is 1. The molecule has 0 bridgehead atoms. The molecule has 130 valence electrons. The molecule has 0 radical (unpaired) electrons. The van der Waals surface area contributed by atoms with Gasteiger partial charge in [0.15, 0.2) is 0 Å².